The summed E-state index contributed by atoms with van der Waals surface area (Å²) >= 11 is 0. The summed E-state index contributed by atoms with van der Waals surface area (Å²) in [5, 5.41) is 11.0. The summed E-state index contributed by atoms with van der Waals surface area (Å²) in [4.78, 5) is 11.2. The van der Waals surface area contributed by atoms with Crippen molar-refractivity contribution in [2.45, 2.75) is 6.92 Å². The molecule has 5 nitrogen and oxygen atoms in total. The van der Waals surface area contributed by atoms with Crippen LogP contribution < -0.4 is 10.1 Å². The molecule has 0 saturated carbocycles. The quantitative estimate of drug-likeness (QED) is 0.815. The number of nitrogens with one attached hydrogen (secondary N) is 1. The number of hydrogen-bond donors (Lipinski definition) is 2. The lowest BCUT2D eigenvalue weighted by atomic mass is 10.2. The number of hydrogen-bond acceptors (Lipinski definition) is 4. The van der Waals surface area contributed by atoms with Crippen molar-refractivity contribution in [2.75, 3.05) is 25.6 Å². The number of amides is 1. The molecule has 1 aromatic rings. The van der Waals surface area contributed by atoms with Gasteiger partial charge in [0, 0.05) is 5.69 Å². The number of aryl methyl sites for hydroxylation is 1. The van der Waals surface area contributed by atoms with Crippen LogP contribution in [0.15, 0.2) is 18.2 Å². The predicted octanol–water partition coefficient (Wildman–Crippen LogP) is 1.54. The number of carbonyl (C=O) groups is 1. The largest absolute Gasteiger partial charge is 0.496 e. The lowest BCUT2D eigenvalue weighted by Crippen LogP contribution is -2.15. The molecule has 0 saturated heterocycles. The Hall–Kier alpha value is -1.75. The Morgan fingerprint density at radius 1 is 1.50 bits per heavy atom. The first-order valence-electron chi connectivity index (χ1n) is 4.86. The number of aliphatic hydroxyl groups is 1. The smallest absolute Gasteiger partial charge is 0.411 e. The zero-order chi connectivity index (χ0) is 12.0. The zero-order valence-electron chi connectivity index (χ0n) is 9.32. The summed E-state index contributed by atoms with van der Waals surface area (Å²) in [5.41, 5.74) is 1.55. The lowest BCUT2D eigenvalue weighted by Gasteiger charge is -2.08. The van der Waals surface area contributed by atoms with Crippen molar-refractivity contribution in [3.63, 3.8) is 0 Å². The highest BCUT2D eigenvalue weighted by Crippen LogP contribution is 2.21. The second-order valence-electron chi connectivity index (χ2n) is 3.17. The monoisotopic (exact) mass is 225 g/mol. The van der Waals surface area contributed by atoms with Crippen molar-refractivity contribution in [1.29, 1.82) is 0 Å². The molecule has 0 atom stereocenters. The molecule has 0 heterocycles. The number of anilines is 1. The average Bonchev–Trinajstić information content (AvgIpc) is 2.26. The molecule has 1 rings (SSSR count). The molecule has 0 fully saturated rings. The second-order valence-corrected chi connectivity index (χ2v) is 3.17. The van der Waals surface area contributed by atoms with Gasteiger partial charge in [-0.3, -0.25) is 5.32 Å². The van der Waals surface area contributed by atoms with Gasteiger partial charge in [0.15, 0.2) is 0 Å². The standard InChI is InChI=1S/C11H15NO4/c1-8-7-9(3-4-10(8)15-2)12-11(14)16-6-5-13/h3-4,7,13H,5-6H2,1-2H3,(H,12,14). The molecular formula is C11H15NO4. The zero-order valence-corrected chi connectivity index (χ0v) is 9.32. The third-order valence-electron chi connectivity index (χ3n) is 1.97. The molecule has 0 aliphatic heterocycles. The maximum Gasteiger partial charge on any atom is 0.411 e. The van der Waals surface area contributed by atoms with Gasteiger partial charge < -0.3 is 14.6 Å². The fourth-order valence-electron chi connectivity index (χ4n) is 1.25. The average molecular weight is 225 g/mol. The van der Waals surface area contributed by atoms with Gasteiger partial charge in [-0.15, -0.1) is 0 Å². The normalized spacial score (nSPS) is 9.69. The molecule has 0 aliphatic rings. The van der Waals surface area contributed by atoms with Gasteiger partial charge in [-0.25, -0.2) is 4.79 Å². The Balaban J connectivity index is 2.61. The summed E-state index contributed by atoms with van der Waals surface area (Å²) in [5.74, 6) is 0.759. The first-order chi connectivity index (χ1) is 7.67. The fraction of sp³-hybridized carbons (Fsp3) is 0.364. The molecule has 88 valence electrons. The van der Waals surface area contributed by atoms with E-state index < -0.39 is 6.09 Å². The molecule has 1 aromatic carbocycles. The maximum absolute atomic E-state index is 11.2. The number of methoxy groups -OCH3 is 1. The predicted molar refractivity (Wildman–Crippen MR) is 59.8 cm³/mol. The minimum atomic E-state index is -0.585. The fourth-order valence-corrected chi connectivity index (χ4v) is 1.25. The molecule has 0 unspecified atom stereocenters. The van der Waals surface area contributed by atoms with Gasteiger partial charge in [-0.2, -0.15) is 0 Å². The van der Waals surface area contributed by atoms with Crippen LogP contribution in [-0.4, -0.2) is 31.5 Å². The molecule has 16 heavy (non-hydrogen) atoms. The number of benzene rings is 1. The van der Waals surface area contributed by atoms with Crippen LogP contribution in [0.3, 0.4) is 0 Å². The van der Waals surface area contributed by atoms with Crippen LogP contribution in [-0.2, 0) is 4.74 Å². The van der Waals surface area contributed by atoms with E-state index >= 15 is 0 Å². The molecular weight excluding hydrogens is 210 g/mol. The summed E-state index contributed by atoms with van der Waals surface area (Å²) in [6.07, 6.45) is -0.585. The summed E-state index contributed by atoms with van der Waals surface area (Å²) in [6.45, 7) is 1.68. The van der Waals surface area contributed by atoms with E-state index in [1.807, 2.05) is 6.92 Å². The van der Waals surface area contributed by atoms with E-state index in [0.717, 1.165) is 11.3 Å². The number of ether oxygens (including phenoxy) is 2. The van der Waals surface area contributed by atoms with Crippen LogP contribution >= 0.6 is 0 Å². The molecule has 5 heteroatoms. The van der Waals surface area contributed by atoms with E-state index in [0.29, 0.717) is 5.69 Å². The number of rotatable bonds is 4. The Kier molecular flexibility index (Phi) is 4.60. The van der Waals surface area contributed by atoms with Crippen LogP contribution in [0.1, 0.15) is 5.56 Å². The number of carbonyl (C=O) groups excluding carboxylic acids is 1. The van der Waals surface area contributed by atoms with Crippen molar-refractivity contribution in [1.82, 2.24) is 0 Å². The minimum Gasteiger partial charge on any atom is -0.496 e. The SMILES string of the molecule is COc1ccc(NC(=O)OCCO)cc1C. The van der Waals surface area contributed by atoms with Crippen LogP contribution in [0.25, 0.3) is 0 Å². The Bertz CT molecular complexity index is 365. The van der Waals surface area contributed by atoms with E-state index in [-0.39, 0.29) is 13.2 Å². The topological polar surface area (TPSA) is 67.8 Å². The Labute approximate surface area is 94.0 Å². The van der Waals surface area contributed by atoms with Gasteiger partial charge >= 0.3 is 6.09 Å². The third-order valence-corrected chi connectivity index (χ3v) is 1.97. The minimum absolute atomic E-state index is 0.0129. The van der Waals surface area contributed by atoms with Crippen molar-refractivity contribution >= 4 is 11.8 Å². The summed E-state index contributed by atoms with van der Waals surface area (Å²) in [7, 11) is 1.59. The second kappa shape index (κ2) is 5.97. The van der Waals surface area contributed by atoms with Crippen LogP contribution in [0.2, 0.25) is 0 Å². The summed E-state index contributed by atoms with van der Waals surface area (Å²) < 4.78 is 9.75. The Morgan fingerprint density at radius 2 is 2.25 bits per heavy atom. The van der Waals surface area contributed by atoms with Gasteiger partial charge in [-0.1, -0.05) is 0 Å². The van der Waals surface area contributed by atoms with Crippen LogP contribution in [0.4, 0.5) is 10.5 Å². The molecule has 2 N–H and O–H groups in total. The van der Waals surface area contributed by atoms with Gasteiger partial charge in [0.25, 0.3) is 0 Å². The number of aliphatic hydroxyl groups excluding tert-OH is 1. The van der Waals surface area contributed by atoms with Crippen molar-refractivity contribution in [3.05, 3.63) is 23.8 Å². The molecule has 0 spiro atoms. The van der Waals surface area contributed by atoms with Crippen LogP contribution in [0.5, 0.6) is 5.75 Å². The lowest BCUT2D eigenvalue weighted by molar-refractivity contribution is 0.131. The van der Waals surface area contributed by atoms with E-state index in [1.165, 1.54) is 0 Å². The van der Waals surface area contributed by atoms with E-state index in [2.05, 4.69) is 10.1 Å². The van der Waals surface area contributed by atoms with Crippen molar-refractivity contribution < 1.29 is 19.4 Å². The van der Waals surface area contributed by atoms with Gasteiger partial charge in [-0.05, 0) is 30.7 Å². The Morgan fingerprint density at radius 3 is 2.81 bits per heavy atom. The van der Waals surface area contributed by atoms with Gasteiger partial charge in [0.05, 0.1) is 13.7 Å². The molecule has 0 aromatic heterocycles. The van der Waals surface area contributed by atoms with Crippen molar-refractivity contribution in [2.24, 2.45) is 0 Å². The first-order valence-corrected chi connectivity index (χ1v) is 4.86. The highest BCUT2D eigenvalue weighted by molar-refractivity contribution is 5.84. The van der Waals surface area contributed by atoms with Gasteiger partial charge in [0.1, 0.15) is 12.4 Å². The van der Waals surface area contributed by atoms with Crippen molar-refractivity contribution in [3.8, 4) is 5.75 Å². The molecule has 0 aliphatic carbocycles. The van der Waals surface area contributed by atoms with E-state index in [1.54, 1.807) is 25.3 Å². The summed E-state index contributed by atoms with van der Waals surface area (Å²) in [6, 6.07) is 5.25. The maximum atomic E-state index is 11.2. The highest BCUT2D eigenvalue weighted by atomic mass is 16.6. The first kappa shape index (κ1) is 12.3. The molecule has 0 radical (unpaired) electrons. The van der Waals surface area contributed by atoms with Crippen LogP contribution in [0, 0.1) is 6.92 Å². The molecule has 0 bridgehead atoms. The van der Waals surface area contributed by atoms with E-state index in [4.69, 9.17) is 9.84 Å². The van der Waals surface area contributed by atoms with Gasteiger partial charge in [0.2, 0.25) is 0 Å². The van der Waals surface area contributed by atoms with E-state index in [9.17, 15) is 4.79 Å². The molecule has 1 amide bonds. The third kappa shape index (κ3) is 3.43. The highest BCUT2D eigenvalue weighted by Gasteiger charge is 2.04.